The van der Waals surface area contributed by atoms with Crippen molar-refractivity contribution in [2.24, 2.45) is 5.73 Å². The van der Waals surface area contributed by atoms with Crippen LogP contribution in [0.25, 0.3) is 0 Å². The Hall–Kier alpha value is -1.86. The van der Waals surface area contributed by atoms with Crippen molar-refractivity contribution in [1.29, 1.82) is 0 Å². The number of carbonyl (C=O) groups excluding carboxylic acids is 1. The summed E-state index contributed by atoms with van der Waals surface area (Å²) < 4.78 is 9.89. The molecule has 0 aliphatic heterocycles. The summed E-state index contributed by atoms with van der Waals surface area (Å²) in [6.07, 6.45) is 0. The average Bonchev–Trinajstić information content (AvgIpc) is 2.37. The second kappa shape index (κ2) is 6.91. The number of nitro groups is 1. The molecule has 104 valence electrons. The van der Waals surface area contributed by atoms with E-state index in [4.69, 9.17) is 26.8 Å². The van der Waals surface area contributed by atoms with Gasteiger partial charge in [-0.15, -0.1) is 0 Å². The van der Waals surface area contributed by atoms with Gasteiger partial charge in [0.25, 0.3) is 5.69 Å². The third-order valence-corrected chi connectivity index (χ3v) is 2.45. The van der Waals surface area contributed by atoms with Crippen LogP contribution in [0.15, 0.2) is 18.2 Å². The Morgan fingerprint density at radius 2 is 2.26 bits per heavy atom. The van der Waals surface area contributed by atoms with Crippen molar-refractivity contribution in [3.8, 4) is 5.75 Å². The number of rotatable bonds is 6. The highest BCUT2D eigenvalue weighted by Gasteiger charge is 2.17. The van der Waals surface area contributed by atoms with Gasteiger partial charge in [-0.3, -0.25) is 14.9 Å². The Balaban J connectivity index is 2.69. The zero-order valence-corrected chi connectivity index (χ0v) is 10.9. The van der Waals surface area contributed by atoms with E-state index in [2.05, 4.69) is 0 Å². The third-order valence-electron chi connectivity index (χ3n) is 2.13. The van der Waals surface area contributed by atoms with E-state index in [0.717, 1.165) is 0 Å². The molecular formula is C11H13ClN2O5. The van der Waals surface area contributed by atoms with Crippen LogP contribution in [-0.4, -0.2) is 30.1 Å². The van der Waals surface area contributed by atoms with Gasteiger partial charge in [-0.2, -0.15) is 0 Å². The fraction of sp³-hybridized carbons (Fsp3) is 0.364. The number of ether oxygens (including phenoxy) is 2. The molecule has 1 rings (SSSR count). The highest BCUT2D eigenvalue weighted by Crippen LogP contribution is 2.28. The van der Waals surface area contributed by atoms with Crippen LogP contribution < -0.4 is 10.5 Å². The average molecular weight is 289 g/mol. The van der Waals surface area contributed by atoms with Crippen molar-refractivity contribution in [1.82, 2.24) is 0 Å². The molecule has 0 bridgehead atoms. The molecule has 0 spiro atoms. The molecule has 1 aromatic carbocycles. The lowest BCUT2D eigenvalue weighted by Gasteiger charge is -2.12. The first-order valence-corrected chi connectivity index (χ1v) is 5.82. The molecule has 2 N–H and O–H groups in total. The fourth-order valence-electron chi connectivity index (χ4n) is 1.21. The second-order valence-electron chi connectivity index (χ2n) is 3.54. The van der Waals surface area contributed by atoms with Gasteiger partial charge in [0.2, 0.25) is 0 Å². The Morgan fingerprint density at radius 1 is 1.58 bits per heavy atom. The Morgan fingerprint density at radius 3 is 2.84 bits per heavy atom. The predicted molar refractivity (Wildman–Crippen MR) is 68.2 cm³/mol. The normalized spacial score (nSPS) is 11.7. The van der Waals surface area contributed by atoms with E-state index in [9.17, 15) is 14.9 Å². The fourth-order valence-corrected chi connectivity index (χ4v) is 1.39. The Labute approximate surface area is 114 Å². The molecular weight excluding hydrogens is 276 g/mol. The third kappa shape index (κ3) is 4.38. The summed E-state index contributed by atoms with van der Waals surface area (Å²) in [6, 6.07) is 2.78. The minimum Gasteiger partial charge on any atom is -0.490 e. The van der Waals surface area contributed by atoms with Crippen molar-refractivity contribution in [2.75, 3.05) is 13.2 Å². The maximum Gasteiger partial charge on any atom is 0.326 e. The van der Waals surface area contributed by atoms with Gasteiger partial charge in [-0.25, -0.2) is 0 Å². The lowest BCUT2D eigenvalue weighted by atomic mass is 10.3. The van der Waals surface area contributed by atoms with Crippen LogP contribution in [0, 0.1) is 10.1 Å². The van der Waals surface area contributed by atoms with E-state index in [1.807, 2.05) is 0 Å². The van der Waals surface area contributed by atoms with E-state index in [1.54, 1.807) is 6.92 Å². The highest BCUT2D eigenvalue weighted by atomic mass is 35.5. The van der Waals surface area contributed by atoms with Crippen LogP contribution in [0.1, 0.15) is 6.92 Å². The van der Waals surface area contributed by atoms with E-state index in [0.29, 0.717) is 0 Å². The smallest absolute Gasteiger partial charge is 0.326 e. The molecule has 19 heavy (non-hydrogen) atoms. The Bertz CT molecular complexity index is 480. The van der Waals surface area contributed by atoms with Crippen molar-refractivity contribution < 1.29 is 19.2 Å². The number of esters is 1. The zero-order valence-electron chi connectivity index (χ0n) is 10.2. The van der Waals surface area contributed by atoms with Crippen LogP contribution in [-0.2, 0) is 9.53 Å². The first-order valence-electron chi connectivity index (χ1n) is 5.44. The number of hydrogen-bond donors (Lipinski definition) is 1. The minimum atomic E-state index is -0.977. The SMILES string of the molecule is CCOC(=O)C(N)COc1cc([N+](=O)[O-])ccc1Cl. The maximum atomic E-state index is 11.3. The molecule has 8 heteroatoms. The van der Waals surface area contributed by atoms with Crippen LogP contribution in [0.5, 0.6) is 5.75 Å². The first kappa shape index (κ1) is 15.2. The summed E-state index contributed by atoms with van der Waals surface area (Å²) in [4.78, 5) is 21.3. The van der Waals surface area contributed by atoms with Crippen LogP contribution in [0.3, 0.4) is 0 Å². The van der Waals surface area contributed by atoms with Crippen LogP contribution >= 0.6 is 11.6 Å². The molecule has 7 nitrogen and oxygen atoms in total. The summed E-state index contributed by atoms with van der Waals surface area (Å²) in [5, 5.41) is 10.8. The Kier molecular flexibility index (Phi) is 5.53. The topological polar surface area (TPSA) is 105 Å². The monoisotopic (exact) mass is 288 g/mol. The van der Waals surface area contributed by atoms with E-state index in [1.165, 1.54) is 18.2 Å². The molecule has 0 heterocycles. The number of carbonyl (C=O) groups is 1. The highest BCUT2D eigenvalue weighted by molar-refractivity contribution is 6.32. The van der Waals surface area contributed by atoms with Crippen molar-refractivity contribution in [3.63, 3.8) is 0 Å². The molecule has 0 aromatic heterocycles. The van der Waals surface area contributed by atoms with Gasteiger partial charge >= 0.3 is 5.97 Å². The number of non-ortho nitro benzene ring substituents is 1. The number of nitrogens with two attached hydrogens (primary N) is 1. The zero-order chi connectivity index (χ0) is 14.4. The lowest BCUT2D eigenvalue weighted by molar-refractivity contribution is -0.384. The summed E-state index contributed by atoms with van der Waals surface area (Å²) >= 11 is 5.82. The molecule has 0 aliphatic rings. The van der Waals surface area contributed by atoms with Gasteiger partial charge in [0.1, 0.15) is 18.4 Å². The number of nitrogens with zero attached hydrogens (tertiary/aromatic N) is 1. The second-order valence-corrected chi connectivity index (χ2v) is 3.95. The molecule has 0 amide bonds. The van der Waals surface area contributed by atoms with Gasteiger partial charge in [-0.1, -0.05) is 11.6 Å². The quantitative estimate of drug-likeness (QED) is 0.483. The maximum absolute atomic E-state index is 11.3. The number of hydrogen-bond acceptors (Lipinski definition) is 6. The molecule has 0 aliphatic carbocycles. The van der Waals surface area contributed by atoms with Gasteiger partial charge in [0.05, 0.1) is 22.6 Å². The first-order chi connectivity index (χ1) is 8.95. The van der Waals surface area contributed by atoms with Gasteiger partial charge in [0.15, 0.2) is 0 Å². The minimum absolute atomic E-state index is 0.0932. The lowest BCUT2D eigenvalue weighted by Crippen LogP contribution is -2.37. The van der Waals surface area contributed by atoms with E-state index >= 15 is 0 Å². The molecule has 0 fully saturated rings. The van der Waals surface area contributed by atoms with Gasteiger partial charge in [0, 0.05) is 6.07 Å². The van der Waals surface area contributed by atoms with Gasteiger partial charge < -0.3 is 15.2 Å². The molecule has 0 radical (unpaired) electrons. The van der Waals surface area contributed by atoms with Crippen molar-refractivity contribution in [2.45, 2.75) is 13.0 Å². The van der Waals surface area contributed by atoms with Crippen LogP contribution in [0.4, 0.5) is 5.69 Å². The summed E-state index contributed by atoms with van der Waals surface area (Å²) in [6.45, 7) is 1.69. The van der Waals surface area contributed by atoms with Crippen LogP contribution in [0.2, 0.25) is 5.02 Å². The van der Waals surface area contributed by atoms with E-state index in [-0.39, 0.29) is 29.7 Å². The molecule has 0 saturated carbocycles. The molecule has 0 saturated heterocycles. The largest absolute Gasteiger partial charge is 0.490 e. The summed E-state index contributed by atoms with van der Waals surface area (Å²) in [5.41, 5.74) is 5.36. The number of halogens is 1. The summed E-state index contributed by atoms with van der Waals surface area (Å²) in [5.74, 6) is -0.514. The molecule has 1 aromatic rings. The summed E-state index contributed by atoms with van der Waals surface area (Å²) in [7, 11) is 0. The van der Waals surface area contributed by atoms with Crippen molar-refractivity contribution in [3.05, 3.63) is 33.3 Å². The van der Waals surface area contributed by atoms with E-state index < -0.39 is 16.9 Å². The molecule has 1 atom stereocenters. The standard InChI is InChI=1S/C11H13ClN2O5/c1-2-18-11(15)9(13)6-19-10-5-7(14(16)17)3-4-8(10)12/h3-5,9H,2,6,13H2,1H3. The van der Waals surface area contributed by atoms with Gasteiger partial charge in [-0.05, 0) is 13.0 Å². The predicted octanol–water partition coefficient (Wildman–Crippen LogP) is 1.52. The molecule has 1 unspecified atom stereocenters. The number of nitro benzene ring substituents is 1. The number of benzene rings is 1. The van der Waals surface area contributed by atoms with Crippen molar-refractivity contribution >= 4 is 23.3 Å².